The van der Waals surface area contributed by atoms with E-state index in [0.29, 0.717) is 30.2 Å². The maximum absolute atomic E-state index is 13.6. The zero-order chi connectivity index (χ0) is 20.1. The molecule has 1 heterocycles. The highest BCUT2D eigenvalue weighted by molar-refractivity contribution is 6.18. The van der Waals surface area contributed by atoms with Gasteiger partial charge in [-0.15, -0.1) is 11.6 Å². The molecule has 3 aromatic rings. The van der Waals surface area contributed by atoms with Gasteiger partial charge in [0.2, 0.25) is 6.23 Å². The van der Waals surface area contributed by atoms with E-state index in [2.05, 4.69) is 0 Å². The number of nitrogens with zero attached hydrogens (tertiary/aromatic N) is 1. The average molecular weight is 404 g/mol. The monoisotopic (exact) mass is 403 g/mol. The van der Waals surface area contributed by atoms with Crippen molar-refractivity contribution in [3.63, 3.8) is 0 Å². The zero-order valence-electron chi connectivity index (χ0n) is 16.0. The number of benzene rings is 3. The highest BCUT2D eigenvalue weighted by Gasteiger charge is 2.36. The van der Waals surface area contributed by atoms with Crippen LogP contribution in [0.15, 0.2) is 96.6 Å². The van der Waals surface area contributed by atoms with E-state index in [4.69, 9.17) is 16.3 Å². The smallest absolute Gasteiger partial charge is 0.257 e. The van der Waals surface area contributed by atoms with Crippen LogP contribution >= 0.6 is 11.6 Å². The van der Waals surface area contributed by atoms with Crippen LogP contribution in [0.25, 0.3) is 5.76 Å². The Bertz CT molecular complexity index is 987. The molecule has 1 atom stereocenters. The van der Waals surface area contributed by atoms with Crippen molar-refractivity contribution < 1.29 is 9.53 Å². The number of halogens is 1. The number of alkyl halides is 1. The maximum Gasteiger partial charge on any atom is 0.257 e. The van der Waals surface area contributed by atoms with Crippen molar-refractivity contribution in [2.75, 3.05) is 5.88 Å². The third-order valence-electron chi connectivity index (χ3n) is 4.97. The highest BCUT2D eigenvalue weighted by Crippen LogP contribution is 2.39. The molecule has 1 unspecified atom stereocenters. The van der Waals surface area contributed by atoms with Gasteiger partial charge in [0.15, 0.2) is 0 Å². The van der Waals surface area contributed by atoms with E-state index >= 15 is 0 Å². The summed E-state index contributed by atoms with van der Waals surface area (Å²) in [6, 6.07) is 29.6. The summed E-state index contributed by atoms with van der Waals surface area (Å²) in [6.07, 6.45) is -0.0459. The quantitative estimate of drug-likeness (QED) is 0.488. The first-order chi connectivity index (χ1) is 14.3. The van der Waals surface area contributed by atoms with Crippen LogP contribution in [0.5, 0.6) is 0 Å². The summed E-state index contributed by atoms with van der Waals surface area (Å²) in [4.78, 5) is 15.4. The van der Waals surface area contributed by atoms with Crippen molar-refractivity contribution in [1.82, 2.24) is 4.90 Å². The Morgan fingerprint density at radius 2 is 1.41 bits per heavy atom. The Kier molecular flexibility index (Phi) is 5.97. The molecule has 0 radical (unpaired) electrons. The third-order valence-corrected chi connectivity index (χ3v) is 5.16. The first kappa shape index (κ1) is 19.3. The largest absolute Gasteiger partial charge is 0.465 e. The molecule has 0 fully saturated rings. The summed E-state index contributed by atoms with van der Waals surface area (Å²) in [7, 11) is 0. The van der Waals surface area contributed by atoms with E-state index in [9.17, 15) is 4.79 Å². The lowest BCUT2D eigenvalue weighted by atomic mass is 10.0. The molecule has 1 amide bonds. The summed E-state index contributed by atoms with van der Waals surface area (Å²) in [5.41, 5.74) is 3.50. The summed E-state index contributed by atoms with van der Waals surface area (Å²) in [5, 5.41) is 0. The molecule has 146 valence electrons. The maximum atomic E-state index is 13.6. The van der Waals surface area contributed by atoms with Gasteiger partial charge >= 0.3 is 0 Å². The first-order valence-corrected chi connectivity index (χ1v) is 10.2. The molecule has 3 nitrogen and oxygen atoms in total. The lowest BCUT2D eigenvalue weighted by Crippen LogP contribution is -2.40. The molecule has 3 aromatic carbocycles. The molecule has 0 spiro atoms. The molecule has 29 heavy (non-hydrogen) atoms. The van der Waals surface area contributed by atoms with Crippen LogP contribution in [0.4, 0.5) is 0 Å². The Labute approximate surface area is 176 Å². The molecule has 1 aliphatic heterocycles. The Morgan fingerprint density at radius 3 is 2.03 bits per heavy atom. The van der Waals surface area contributed by atoms with Gasteiger partial charge < -0.3 is 4.74 Å². The molecule has 0 bridgehead atoms. The van der Waals surface area contributed by atoms with E-state index < -0.39 is 6.23 Å². The van der Waals surface area contributed by atoms with Crippen molar-refractivity contribution in [2.24, 2.45) is 0 Å². The average Bonchev–Trinajstić information content (AvgIpc) is 2.78. The number of carbonyl (C=O) groups excluding carboxylic acids is 1. The molecular weight excluding hydrogens is 382 g/mol. The summed E-state index contributed by atoms with van der Waals surface area (Å²) in [6.45, 7) is 0.465. The molecule has 0 saturated carbocycles. The summed E-state index contributed by atoms with van der Waals surface area (Å²) < 4.78 is 6.51. The summed E-state index contributed by atoms with van der Waals surface area (Å²) >= 11 is 6.05. The van der Waals surface area contributed by atoms with Crippen molar-refractivity contribution in [3.05, 3.63) is 113 Å². The van der Waals surface area contributed by atoms with E-state index in [1.54, 1.807) is 4.90 Å². The van der Waals surface area contributed by atoms with Gasteiger partial charge in [-0.25, -0.2) is 0 Å². The van der Waals surface area contributed by atoms with Crippen LogP contribution < -0.4 is 0 Å². The minimum absolute atomic E-state index is 0.0338. The molecule has 1 aliphatic rings. The lowest BCUT2D eigenvalue weighted by Gasteiger charge is -2.38. The molecule has 0 N–H and O–H groups in total. The number of amides is 1. The van der Waals surface area contributed by atoms with Gasteiger partial charge in [-0.1, -0.05) is 91.0 Å². The first-order valence-electron chi connectivity index (χ1n) is 9.69. The van der Waals surface area contributed by atoms with Crippen LogP contribution in [0.2, 0.25) is 0 Å². The van der Waals surface area contributed by atoms with Crippen molar-refractivity contribution in [3.8, 4) is 0 Å². The van der Waals surface area contributed by atoms with Gasteiger partial charge in [-0.3, -0.25) is 9.69 Å². The minimum atomic E-state index is -0.502. The summed E-state index contributed by atoms with van der Waals surface area (Å²) in [5.74, 6) is 0.943. The SMILES string of the molecule is O=C1C(CCCl)=C(c2ccccc2)OC(c2ccccc2)N1Cc1ccccc1. The van der Waals surface area contributed by atoms with Gasteiger partial charge in [0, 0.05) is 23.6 Å². The van der Waals surface area contributed by atoms with Gasteiger partial charge in [0.25, 0.3) is 5.91 Å². The van der Waals surface area contributed by atoms with E-state index in [-0.39, 0.29) is 5.91 Å². The van der Waals surface area contributed by atoms with Crippen molar-refractivity contribution in [1.29, 1.82) is 0 Å². The molecular formula is C25H22ClNO2. The zero-order valence-corrected chi connectivity index (χ0v) is 16.8. The minimum Gasteiger partial charge on any atom is -0.465 e. The number of hydrogen-bond acceptors (Lipinski definition) is 2. The van der Waals surface area contributed by atoms with Crippen LogP contribution in [0.1, 0.15) is 29.3 Å². The van der Waals surface area contributed by atoms with Gasteiger partial charge in [0.05, 0.1) is 5.57 Å². The second kappa shape index (κ2) is 8.97. The van der Waals surface area contributed by atoms with E-state index in [1.165, 1.54) is 0 Å². The van der Waals surface area contributed by atoms with Crippen LogP contribution in [0, 0.1) is 0 Å². The molecule has 4 heteroatoms. The van der Waals surface area contributed by atoms with Gasteiger partial charge in [-0.2, -0.15) is 0 Å². The normalized spacial score (nSPS) is 16.7. The number of carbonyl (C=O) groups is 1. The predicted molar refractivity (Wildman–Crippen MR) is 116 cm³/mol. The van der Waals surface area contributed by atoms with Crippen molar-refractivity contribution in [2.45, 2.75) is 19.2 Å². The predicted octanol–water partition coefficient (Wildman–Crippen LogP) is 5.78. The Balaban J connectivity index is 1.80. The molecule has 0 saturated heterocycles. The second-order valence-electron chi connectivity index (χ2n) is 6.91. The fourth-order valence-corrected chi connectivity index (χ4v) is 3.76. The van der Waals surface area contributed by atoms with Crippen LogP contribution in [-0.2, 0) is 16.1 Å². The third kappa shape index (κ3) is 4.20. The fourth-order valence-electron chi connectivity index (χ4n) is 3.57. The van der Waals surface area contributed by atoms with E-state index in [0.717, 1.165) is 16.7 Å². The fraction of sp³-hybridized carbons (Fsp3) is 0.160. The topological polar surface area (TPSA) is 29.5 Å². The van der Waals surface area contributed by atoms with E-state index in [1.807, 2.05) is 91.0 Å². The molecule has 0 aromatic heterocycles. The second-order valence-corrected chi connectivity index (χ2v) is 7.29. The highest BCUT2D eigenvalue weighted by atomic mass is 35.5. The van der Waals surface area contributed by atoms with Crippen LogP contribution in [0.3, 0.4) is 0 Å². The Hall–Kier alpha value is -3.04. The van der Waals surface area contributed by atoms with Gasteiger partial charge in [-0.05, 0) is 12.0 Å². The molecule has 4 rings (SSSR count). The van der Waals surface area contributed by atoms with Gasteiger partial charge in [0.1, 0.15) is 5.76 Å². The van der Waals surface area contributed by atoms with Crippen molar-refractivity contribution >= 4 is 23.3 Å². The Morgan fingerprint density at radius 1 is 0.828 bits per heavy atom. The number of hydrogen-bond donors (Lipinski definition) is 0. The lowest BCUT2D eigenvalue weighted by molar-refractivity contribution is -0.142. The van der Waals surface area contributed by atoms with Crippen LogP contribution in [-0.4, -0.2) is 16.7 Å². The number of ether oxygens (including phenoxy) is 1. The number of rotatable bonds is 6. The standard InChI is InChI=1S/C25H22ClNO2/c26-17-16-22-23(20-12-6-2-7-13-20)29-25(21-14-8-3-9-15-21)27(24(22)28)18-19-10-4-1-5-11-19/h1-15,25H,16-18H2. The molecule has 0 aliphatic carbocycles.